The minimum Gasteiger partial charge on any atom is -0.444 e. The summed E-state index contributed by atoms with van der Waals surface area (Å²) in [4.78, 5) is 35.8. The molecule has 0 aromatic heterocycles. The van der Waals surface area contributed by atoms with Crippen LogP contribution in [-0.2, 0) is 16.0 Å². The number of ether oxygens (including phenoxy) is 1. The number of likely N-dealkylation sites (tertiary alicyclic amines) is 1. The van der Waals surface area contributed by atoms with E-state index in [1.807, 2.05) is 0 Å². The lowest BCUT2D eigenvalue weighted by Crippen LogP contribution is -2.40. The molecule has 1 radical (unpaired) electrons. The number of carbonyl (C=O) groups is 2. The molecule has 1 saturated heterocycles. The molecule has 25 heavy (non-hydrogen) atoms. The molecule has 1 fully saturated rings. The highest BCUT2D eigenvalue weighted by Crippen LogP contribution is 2.18. The second kappa shape index (κ2) is 7.50. The minimum absolute atomic E-state index is 0.0457. The maximum atomic E-state index is 12.1. The zero-order chi connectivity index (χ0) is 18.6. The smallest absolute Gasteiger partial charge is 0.410 e. The molecule has 1 heterocycles. The van der Waals surface area contributed by atoms with Gasteiger partial charge in [-0.15, -0.1) is 0 Å². The summed E-state index contributed by atoms with van der Waals surface area (Å²) in [6.45, 7) is 7.42. The van der Waals surface area contributed by atoms with Crippen molar-refractivity contribution in [3.8, 4) is 0 Å². The molecule has 1 aliphatic heterocycles. The van der Waals surface area contributed by atoms with Crippen molar-refractivity contribution in [1.82, 2.24) is 10.2 Å². The molecule has 1 aliphatic rings. The Morgan fingerprint density at radius 1 is 1.40 bits per heavy atom. The normalized spacial score (nSPS) is 17.2. The van der Waals surface area contributed by atoms with Gasteiger partial charge in [0.05, 0.1) is 17.9 Å². The van der Waals surface area contributed by atoms with Crippen LogP contribution in [0.3, 0.4) is 0 Å². The Hall–Kier alpha value is -2.64. The average molecular weight is 348 g/mol. The predicted molar refractivity (Wildman–Crippen MR) is 90.6 cm³/mol. The van der Waals surface area contributed by atoms with E-state index in [2.05, 4.69) is 5.32 Å². The topological polar surface area (TPSA) is 102 Å². The van der Waals surface area contributed by atoms with Gasteiger partial charge in [-0.1, -0.05) is 12.1 Å². The van der Waals surface area contributed by atoms with Crippen LogP contribution in [0.25, 0.3) is 0 Å². The molecule has 0 bridgehead atoms. The van der Waals surface area contributed by atoms with Crippen molar-refractivity contribution in [3.63, 3.8) is 0 Å². The summed E-state index contributed by atoms with van der Waals surface area (Å²) in [5, 5.41) is 13.6. The first-order chi connectivity index (χ1) is 11.6. The van der Waals surface area contributed by atoms with Crippen molar-refractivity contribution < 1.29 is 19.2 Å². The fourth-order valence-electron chi connectivity index (χ4n) is 2.46. The van der Waals surface area contributed by atoms with Crippen LogP contribution in [0.5, 0.6) is 0 Å². The molecule has 1 atom stereocenters. The number of nitro benzene ring substituents is 1. The lowest BCUT2D eigenvalue weighted by Gasteiger charge is -2.24. The van der Waals surface area contributed by atoms with Gasteiger partial charge in [-0.25, -0.2) is 4.79 Å². The molecule has 8 nitrogen and oxygen atoms in total. The number of rotatable bonds is 4. The number of nitrogens with one attached hydrogen (secondary N) is 1. The molecular weight excluding hydrogens is 326 g/mol. The summed E-state index contributed by atoms with van der Waals surface area (Å²) < 4.78 is 5.29. The Balaban J connectivity index is 1.85. The van der Waals surface area contributed by atoms with Gasteiger partial charge < -0.3 is 15.0 Å². The SMILES string of the molecule is CC(C)(C)OC(=O)N1[CH]CC(NC(=O)Cc2cccc([N+](=O)[O-])c2)C1. The monoisotopic (exact) mass is 348 g/mol. The Kier molecular flexibility index (Phi) is 5.61. The van der Waals surface area contributed by atoms with Crippen molar-refractivity contribution in [2.45, 2.75) is 45.3 Å². The number of benzene rings is 1. The molecule has 1 unspecified atom stereocenters. The van der Waals surface area contributed by atoms with Crippen LogP contribution in [-0.4, -0.2) is 40.0 Å². The molecule has 0 saturated carbocycles. The van der Waals surface area contributed by atoms with Crippen molar-refractivity contribution in [3.05, 3.63) is 46.5 Å². The second-order valence-corrected chi connectivity index (χ2v) is 6.92. The van der Waals surface area contributed by atoms with Crippen molar-refractivity contribution >= 4 is 17.7 Å². The van der Waals surface area contributed by atoms with E-state index in [4.69, 9.17) is 4.74 Å². The quantitative estimate of drug-likeness (QED) is 0.665. The van der Waals surface area contributed by atoms with Gasteiger partial charge in [0.15, 0.2) is 0 Å². The molecule has 0 aliphatic carbocycles. The van der Waals surface area contributed by atoms with E-state index in [1.165, 1.54) is 17.0 Å². The summed E-state index contributed by atoms with van der Waals surface area (Å²) in [7, 11) is 0. The third-order valence-electron chi connectivity index (χ3n) is 3.51. The van der Waals surface area contributed by atoms with Crippen molar-refractivity contribution in [2.24, 2.45) is 0 Å². The van der Waals surface area contributed by atoms with Crippen LogP contribution in [0.2, 0.25) is 0 Å². The van der Waals surface area contributed by atoms with Crippen LogP contribution >= 0.6 is 0 Å². The van der Waals surface area contributed by atoms with Crippen molar-refractivity contribution in [1.29, 1.82) is 0 Å². The number of hydrogen-bond acceptors (Lipinski definition) is 5. The zero-order valence-corrected chi connectivity index (χ0v) is 14.5. The van der Waals surface area contributed by atoms with E-state index >= 15 is 0 Å². The molecule has 8 heteroatoms. The first-order valence-electron chi connectivity index (χ1n) is 8.00. The third kappa shape index (κ3) is 5.74. The van der Waals surface area contributed by atoms with E-state index in [9.17, 15) is 19.7 Å². The summed E-state index contributed by atoms with van der Waals surface area (Å²) in [6.07, 6.45) is 0.132. The zero-order valence-electron chi connectivity index (χ0n) is 14.5. The summed E-state index contributed by atoms with van der Waals surface area (Å²) in [5.41, 5.74) is -0.0536. The number of carbonyl (C=O) groups excluding carboxylic acids is 2. The molecule has 2 rings (SSSR count). The lowest BCUT2D eigenvalue weighted by molar-refractivity contribution is -0.384. The van der Waals surface area contributed by atoms with Gasteiger partial charge in [-0.2, -0.15) is 0 Å². The molecule has 1 aromatic rings. The minimum atomic E-state index is -0.575. The highest BCUT2D eigenvalue weighted by molar-refractivity contribution is 5.79. The molecule has 1 N–H and O–H groups in total. The number of non-ortho nitro benzene ring substituents is 1. The molecule has 1 aromatic carbocycles. The van der Waals surface area contributed by atoms with E-state index in [1.54, 1.807) is 39.4 Å². The Bertz CT molecular complexity index is 668. The standard InChI is InChI=1S/C17H22N3O5/c1-17(2,3)25-16(22)19-8-7-13(11-19)18-15(21)10-12-5-4-6-14(9-12)20(23)24/h4-6,8-9,13H,7,10-11H2,1-3H3,(H,18,21). The van der Waals surface area contributed by atoms with Gasteiger partial charge in [0, 0.05) is 24.7 Å². The first-order valence-corrected chi connectivity index (χ1v) is 8.00. The van der Waals surface area contributed by atoms with Gasteiger partial charge in [0.2, 0.25) is 5.91 Å². The number of nitrogens with zero attached hydrogens (tertiary/aromatic N) is 2. The second-order valence-electron chi connectivity index (χ2n) is 6.92. The van der Waals surface area contributed by atoms with Gasteiger partial charge in [0.1, 0.15) is 5.60 Å². The summed E-state index contributed by atoms with van der Waals surface area (Å²) in [6, 6.07) is 5.78. The van der Waals surface area contributed by atoms with Gasteiger partial charge >= 0.3 is 6.09 Å². The third-order valence-corrected chi connectivity index (χ3v) is 3.51. The Morgan fingerprint density at radius 2 is 2.12 bits per heavy atom. The lowest BCUT2D eigenvalue weighted by atomic mass is 10.1. The summed E-state index contributed by atoms with van der Waals surface area (Å²) in [5.74, 6) is -0.245. The van der Waals surface area contributed by atoms with Crippen LogP contribution in [0.4, 0.5) is 10.5 Å². The fourth-order valence-corrected chi connectivity index (χ4v) is 2.46. The van der Waals surface area contributed by atoms with E-state index < -0.39 is 16.6 Å². The largest absolute Gasteiger partial charge is 0.444 e. The Morgan fingerprint density at radius 3 is 2.76 bits per heavy atom. The average Bonchev–Trinajstić information content (AvgIpc) is 2.94. The van der Waals surface area contributed by atoms with Crippen LogP contribution in [0.1, 0.15) is 32.8 Å². The predicted octanol–water partition coefficient (Wildman–Crippen LogP) is 2.42. The number of hydrogen-bond donors (Lipinski definition) is 1. The Labute approximate surface area is 146 Å². The molecule has 0 spiro atoms. The van der Waals surface area contributed by atoms with Gasteiger partial charge in [-0.3, -0.25) is 14.9 Å². The van der Waals surface area contributed by atoms with E-state index in [0.717, 1.165) is 0 Å². The molecule has 2 amide bonds. The highest BCUT2D eigenvalue weighted by atomic mass is 16.6. The van der Waals surface area contributed by atoms with Crippen LogP contribution < -0.4 is 5.32 Å². The molecular formula is C17H22N3O5. The number of nitro groups is 1. The van der Waals surface area contributed by atoms with Gasteiger partial charge in [-0.05, 0) is 32.8 Å². The maximum absolute atomic E-state index is 12.1. The number of amides is 2. The molecule has 135 valence electrons. The first kappa shape index (κ1) is 18.7. The highest BCUT2D eigenvalue weighted by Gasteiger charge is 2.30. The van der Waals surface area contributed by atoms with Crippen LogP contribution in [0.15, 0.2) is 24.3 Å². The van der Waals surface area contributed by atoms with E-state index in [-0.39, 0.29) is 24.1 Å². The summed E-state index contributed by atoms with van der Waals surface area (Å²) >= 11 is 0. The maximum Gasteiger partial charge on any atom is 0.410 e. The fraction of sp³-hybridized carbons (Fsp3) is 0.471. The van der Waals surface area contributed by atoms with E-state index in [0.29, 0.717) is 18.5 Å². The van der Waals surface area contributed by atoms with Crippen molar-refractivity contribution in [2.75, 3.05) is 6.54 Å². The van der Waals surface area contributed by atoms with Gasteiger partial charge in [0.25, 0.3) is 5.69 Å². The van der Waals surface area contributed by atoms with Crippen LogP contribution in [0, 0.1) is 16.7 Å².